The first-order valence-corrected chi connectivity index (χ1v) is 5.72. The maximum atomic E-state index is 13.1. The summed E-state index contributed by atoms with van der Waals surface area (Å²) in [6.45, 7) is 2.36. The molecule has 3 nitrogen and oxygen atoms in total. The zero-order valence-corrected chi connectivity index (χ0v) is 10.8. The van der Waals surface area contributed by atoms with Gasteiger partial charge in [-0.15, -0.1) is 0 Å². The standard InChI is InChI=1S/C12H13F5N2O/c1-8(2)19(7-9-4-3-5-18-6-9)10(20)11(13,14)12(15,16)17/h3-6,8H,7H2,1-2H3. The van der Waals surface area contributed by atoms with Crippen molar-refractivity contribution in [2.75, 3.05) is 0 Å². The lowest BCUT2D eigenvalue weighted by Crippen LogP contribution is -2.53. The molecular formula is C12H13F5N2O. The summed E-state index contributed by atoms with van der Waals surface area (Å²) < 4.78 is 62.9. The van der Waals surface area contributed by atoms with E-state index in [1.54, 1.807) is 0 Å². The van der Waals surface area contributed by atoms with Crippen molar-refractivity contribution in [2.45, 2.75) is 38.5 Å². The van der Waals surface area contributed by atoms with Crippen LogP contribution in [0.15, 0.2) is 24.5 Å². The Bertz CT molecular complexity index is 459. The zero-order chi connectivity index (χ0) is 15.6. The summed E-state index contributed by atoms with van der Waals surface area (Å²) in [4.78, 5) is 15.7. The van der Waals surface area contributed by atoms with Crippen molar-refractivity contribution in [1.82, 2.24) is 9.88 Å². The smallest absolute Gasteiger partial charge is 0.330 e. The third-order valence-electron chi connectivity index (χ3n) is 2.58. The highest BCUT2D eigenvalue weighted by atomic mass is 19.4. The molecule has 112 valence electrons. The van der Waals surface area contributed by atoms with Crippen LogP contribution in [0.1, 0.15) is 19.4 Å². The molecule has 0 aliphatic rings. The summed E-state index contributed by atoms with van der Waals surface area (Å²) in [6.07, 6.45) is -3.18. The van der Waals surface area contributed by atoms with Gasteiger partial charge in [0.05, 0.1) is 0 Å². The van der Waals surface area contributed by atoms with Crippen molar-refractivity contribution in [3.8, 4) is 0 Å². The first kappa shape index (κ1) is 16.3. The largest absolute Gasteiger partial charge is 0.463 e. The lowest BCUT2D eigenvalue weighted by Gasteiger charge is -2.31. The van der Waals surface area contributed by atoms with E-state index < -0.39 is 24.0 Å². The Hall–Kier alpha value is -1.73. The number of aromatic nitrogens is 1. The van der Waals surface area contributed by atoms with Crippen molar-refractivity contribution in [3.63, 3.8) is 0 Å². The van der Waals surface area contributed by atoms with E-state index in [9.17, 15) is 26.7 Å². The minimum absolute atomic E-state index is 0.365. The maximum absolute atomic E-state index is 13.1. The fourth-order valence-corrected chi connectivity index (χ4v) is 1.48. The molecule has 0 saturated heterocycles. The number of amides is 1. The second-order valence-electron chi connectivity index (χ2n) is 4.46. The van der Waals surface area contributed by atoms with Gasteiger partial charge in [0.2, 0.25) is 0 Å². The molecule has 0 unspecified atom stereocenters. The predicted molar refractivity (Wildman–Crippen MR) is 60.9 cm³/mol. The normalized spacial score (nSPS) is 12.6. The quantitative estimate of drug-likeness (QED) is 0.800. The van der Waals surface area contributed by atoms with Gasteiger partial charge in [0, 0.05) is 25.0 Å². The molecule has 0 aliphatic carbocycles. The van der Waals surface area contributed by atoms with Gasteiger partial charge in [-0.3, -0.25) is 9.78 Å². The van der Waals surface area contributed by atoms with Crippen LogP contribution in [0.2, 0.25) is 0 Å². The zero-order valence-electron chi connectivity index (χ0n) is 10.8. The molecule has 0 spiro atoms. The molecular weight excluding hydrogens is 283 g/mol. The Morgan fingerprint density at radius 1 is 1.30 bits per heavy atom. The Kier molecular flexibility index (Phi) is 4.67. The summed E-state index contributed by atoms with van der Waals surface area (Å²) in [5.41, 5.74) is 0.368. The number of halogens is 5. The lowest BCUT2D eigenvalue weighted by molar-refractivity contribution is -0.275. The number of carbonyl (C=O) groups is 1. The van der Waals surface area contributed by atoms with Crippen LogP contribution in [0.3, 0.4) is 0 Å². The van der Waals surface area contributed by atoms with Crippen molar-refractivity contribution >= 4 is 5.91 Å². The molecule has 1 aromatic rings. The first-order valence-electron chi connectivity index (χ1n) is 5.72. The highest BCUT2D eigenvalue weighted by Crippen LogP contribution is 2.37. The monoisotopic (exact) mass is 296 g/mol. The molecule has 0 radical (unpaired) electrons. The van der Waals surface area contributed by atoms with E-state index in [0.29, 0.717) is 10.5 Å². The van der Waals surface area contributed by atoms with Crippen LogP contribution < -0.4 is 0 Å². The van der Waals surface area contributed by atoms with Crippen LogP contribution in [0.25, 0.3) is 0 Å². The van der Waals surface area contributed by atoms with Crippen LogP contribution in [0, 0.1) is 0 Å². The highest BCUT2D eigenvalue weighted by molar-refractivity contribution is 5.84. The van der Waals surface area contributed by atoms with Gasteiger partial charge in [0.1, 0.15) is 0 Å². The molecule has 8 heteroatoms. The van der Waals surface area contributed by atoms with Crippen LogP contribution in [0.5, 0.6) is 0 Å². The van der Waals surface area contributed by atoms with Gasteiger partial charge in [-0.25, -0.2) is 0 Å². The molecule has 0 bridgehead atoms. The third kappa shape index (κ3) is 3.43. The van der Waals surface area contributed by atoms with Crippen LogP contribution >= 0.6 is 0 Å². The minimum atomic E-state index is -5.91. The summed E-state index contributed by atoms with van der Waals surface area (Å²) in [5, 5.41) is 0. The molecule has 0 aromatic carbocycles. The fourth-order valence-electron chi connectivity index (χ4n) is 1.48. The molecule has 20 heavy (non-hydrogen) atoms. The molecule has 1 rings (SSSR count). The second-order valence-corrected chi connectivity index (χ2v) is 4.46. The highest BCUT2D eigenvalue weighted by Gasteiger charge is 2.64. The number of nitrogens with zero attached hydrogens (tertiary/aromatic N) is 2. The molecule has 1 amide bonds. The average molecular weight is 296 g/mol. The van der Waals surface area contributed by atoms with E-state index in [1.165, 1.54) is 38.4 Å². The average Bonchev–Trinajstić information content (AvgIpc) is 2.34. The Labute approximate surface area is 112 Å². The first-order chi connectivity index (χ1) is 9.07. The van der Waals surface area contributed by atoms with Gasteiger partial charge in [-0.05, 0) is 25.5 Å². The van der Waals surface area contributed by atoms with Gasteiger partial charge >= 0.3 is 18.0 Å². The predicted octanol–water partition coefficient (Wildman–Crippen LogP) is 3.02. The van der Waals surface area contributed by atoms with Gasteiger partial charge in [-0.2, -0.15) is 22.0 Å². The van der Waals surface area contributed by atoms with Crippen LogP contribution in [0.4, 0.5) is 22.0 Å². The van der Waals surface area contributed by atoms with Crippen molar-refractivity contribution in [1.29, 1.82) is 0 Å². The van der Waals surface area contributed by atoms with Crippen molar-refractivity contribution in [2.24, 2.45) is 0 Å². The Morgan fingerprint density at radius 3 is 2.30 bits per heavy atom. The number of pyridine rings is 1. The minimum Gasteiger partial charge on any atom is -0.330 e. The summed E-state index contributed by atoms with van der Waals surface area (Å²) in [7, 11) is 0. The molecule has 0 aliphatic heterocycles. The molecule has 1 heterocycles. The van der Waals surface area contributed by atoms with Gasteiger partial charge in [-0.1, -0.05) is 6.07 Å². The van der Waals surface area contributed by atoms with E-state index in [-0.39, 0.29) is 6.54 Å². The SMILES string of the molecule is CC(C)N(Cc1cccnc1)C(=O)C(F)(F)C(F)(F)F. The van der Waals surface area contributed by atoms with E-state index in [2.05, 4.69) is 4.98 Å². The maximum Gasteiger partial charge on any atom is 0.463 e. The van der Waals surface area contributed by atoms with Gasteiger partial charge in [0.15, 0.2) is 0 Å². The van der Waals surface area contributed by atoms with Gasteiger partial charge in [0.25, 0.3) is 0 Å². The Morgan fingerprint density at radius 2 is 1.90 bits per heavy atom. The second kappa shape index (κ2) is 5.72. The molecule has 1 aromatic heterocycles. The van der Waals surface area contributed by atoms with E-state index in [4.69, 9.17) is 0 Å². The van der Waals surface area contributed by atoms with Crippen molar-refractivity contribution in [3.05, 3.63) is 30.1 Å². The summed E-state index contributed by atoms with van der Waals surface area (Å²) >= 11 is 0. The molecule has 0 N–H and O–H groups in total. The molecule has 0 atom stereocenters. The fraction of sp³-hybridized carbons (Fsp3) is 0.500. The van der Waals surface area contributed by atoms with Crippen molar-refractivity contribution < 1.29 is 26.7 Å². The van der Waals surface area contributed by atoms with E-state index in [0.717, 1.165) is 0 Å². The lowest BCUT2D eigenvalue weighted by atomic mass is 10.2. The number of alkyl halides is 5. The number of hydrogen-bond donors (Lipinski definition) is 0. The summed E-state index contributed by atoms with van der Waals surface area (Å²) in [5.74, 6) is -7.66. The van der Waals surface area contributed by atoms with Gasteiger partial charge < -0.3 is 4.90 Å². The van der Waals surface area contributed by atoms with Crippen LogP contribution in [-0.2, 0) is 11.3 Å². The molecule has 0 fully saturated rings. The van der Waals surface area contributed by atoms with E-state index in [1.807, 2.05) is 0 Å². The third-order valence-corrected chi connectivity index (χ3v) is 2.58. The summed E-state index contributed by atoms with van der Waals surface area (Å²) in [6, 6.07) is 2.18. The number of carbonyl (C=O) groups excluding carboxylic acids is 1. The topological polar surface area (TPSA) is 33.2 Å². The van der Waals surface area contributed by atoms with Crippen LogP contribution in [-0.4, -0.2) is 33.9 Å². The molecule has 0 saturated carbocycles. The number of hydrogen-bond acceptors (Lipinski definition) is 2. The number of rotatable bonds is 4. The van der Waals surface area contributed by atoms with E-state index >= 15 is 0 Å². The Balaban J connectivity index is 3.01.